The Bertz CT molecular complexity index is 610. The van der Waals surface area contributed by atoms with Gasteiger partial charge in [0, 0.05) is 30.2 Å². The van der Waals surface area contributed by atoms with Crippen LogP contribution in [0.5, 0.6) is 5.75 Å². The number of hydrogen-bond acceptors (Lipinski definition) is 5. The van der Waals surface area contributed by atoms with Gasteiger partial charge in [0.2, 0.25) is 10.0 Å². The molecule has 19 heavy (non-hydrogen) atoms. The van der Waals surface area contributed by atoms with Crippen molar-refractivity contribution < 1.29 is 13.2 Å². The van der Waals surface area contributed by atoms with Crippen LogP contribution in [0.1, 0.15) is 6.42 Å². The Morgan fingerprint density at radius 3 is 2.68 bits per heavy atom. The molecular formula is C11H14BrN3O3S. The summed E-state index contributed by atoms with van der Waals surface area (Å²) in [5, 5.41) is 8.51. The highest BCUT2D eigenvalue weighted by molar-refractivity contribution is 9.10. The fourth-order valence-corrected chi connectivity index (χ4v) is 3.07. The monoisotopic (exact) mass is 347 g/mol. The van der Waals surface area contributed by atoms with Gasteiger partial charge in [-0.05, 0) is 28.1 Å². The van der Waals surface area contributed by atoms with Crippen molar-refractivity contribution in [3.63, 3.8) is 0 Å². The highest BCUT2D eigenvalue weighted by Crippen LogP contribution is 2.33. The molecule has 0 aliphatic rings. The second-order valence-electron chi connectivity index (χ2n) is 3.76. The summed E-state index contributed by atoms with van der Waals surface area (Å²) in [6, 6.07) is 4.74. The summed E-state index contributed by atoms with van der Waals surface area (Å²) in [6.45, 7) is 0.109. The van der Waals surface area contributed by atoms with E-state index in [4.69, 9.17) is 15.7 Å². The van der Waals surface area contributed by atoms with E-state index in [1.54, 1.807) is 0 Å². The molecule has 0 spiro atoms. The molecule has 0 saturated heterocycles. The van der Waals surface area contributed by atoms with E-state index in [1.807, 2.05) is 6.07 Å². The number of nitrogens with zero attached hydrogens (tertiary/aromatic N) is 2. The average Bonchev–Trinajstić information content (AvgIpc) is 2.38. The number of hydrogen-bond donors (Lipinski definition) is 1. The second-order valence-corrected chi connectivity index (χ2v) is 6.63. The summed E-state index contributed by atoms with van der Waals surface area (Å²) in [5.74, 6) is 0.199. The molecule has 0 amide bonds. The van der Waals surface area contributed by atoms with Crippen molar-refractivity contribution in [1.82, 2.24) is 4.31 Å². The molecule has 0 atom stereocenters. The van der Waals surface area contributed by atoms with Crippen LogP contribution in [-0.2, 0) is 10.0 Å². The lowest BCUT2D eigenvalue weighted by molar-refractivity contribution is 0.398. The molecule has 0 aliphatic carbocycles. The summed E-state index contributed by atoms with van der Waals surface area (Å²) in [4.78, 5) is -0.0175. The first kappa shape index (κ1) is 15.8. The number of sulfonamides is 1. The minimum absolute atomic E-state index is 0.0175. The van der Waals surface area contributed by atoms with Gasteiger partial charge in [0.05, 0.1) is 13.2 Å². The molecule has 0 unspecified atom stereocenters. The lowest BCUT2D eigenvalue weighted by Gasteiger charge is -2.18. The molecule has 0 fully saturated rings. The first-order valence-electron chi connectivity index (χ1n) is 5.31. The highest BCUT2D eigenvalue weighted by atomic mass is 79.9. The molecule has 0 heterocycles. The van der Waals surface area contributed by atoms with Crippen LogP contribution in [-0.4, -0.2) is 33.4 Å². The van der Waals surface area contributed by atoms with Gasteiger partial charge < -0.3 is 10.5 Å². The van der Waals surface area contributed by atoms with E-state index in [0.717, 1.165) is 4.31 Å². The van der Waals surface area contributed by atoms with Gasteiger partial charge in [-0.3, -0.25) is 0 Å². The molecule has 2 N–H and O–H groups in total. The zero-order valence-corrected chi connectivity index (χ0v) is 13.0. The number of benzene rings is 1. The quantitative estimate of drug-likeness (QED) is 0.815. The normalized spacial score (nSPS) is 11.3. The lowest BCUT2D eigenvalue weighted by Crippen LogP contribution is -2.28. The molecule has 0 aromatic heterocycles. The number of ether oxygens (including phenoxy) is 1. The number of methoxy groups -OCH3 is 1. The van der Waals surface area contributed by atoms with Crippen LogP contribution >= 0.6 is 15.9 Å². The van der Waals surface area contributed by atoms with Gasteiger partial charge in [-0.15, -0.1) is 0 Å². The SMILES string of the molecule is COc1cc(Br)c(N)cc1S(=O)(=O)N(C)CCC#N. The minimum atomic E-state index is -3.74. The van der Waals surface area contributed by atoms with E-state index in [-0.39, 0.29) is 23.6 Å². The van der Waals surface area contributed by atoms with Gasteiger partial charge in [0.25, 0.3) is 0 Å². The van der Waals surface area contributed by atoms with Crippen molar-refractivity contribution in [2.24, 2.45) is 0 Å². The number of halogens is 1. The maximum Gasteiger partial charge on any atom is 0.246 e. The van der Waals surface area contributed by atoms with Crippen molar-refractivity contribution >= 4 is 31.6 Å². The number of rotatable bonds is 5. The van der Waals surface area contributed by atoms with Crippen molar-refractivity contribution in [2.75, 3.05) is 26.4 Å². The third-order valence-electron chi connectivity index (χ3n) is 2.51. The molecule has 1 aromatic carbocycles. The highest BCUT2D eigenvalue weighted by Gasteiger charge is 2.25. The summed E-state index contributed by atoms with van der Waals surface area (Å²) in [5.41, 5.74) is 6.00. The molecule has 0 saturated carbocycles. The molecule has 0 radical (unpaired) electrons. The van der Waals surface area contributed by atoms with E-state index >= 15 is 0 Å². The smallest absolute Gasteiger partial charge is 0.246 e. The van der Waals surface area contributed by atoms with Crippen LogP contribution in [0, 0.1) is 11.3 Å². The van der Waals surface area contributed by atoms with Gasteiger partial charge in [0.15, 0.2) is 0 Å². The van der Waals surface area contributed by atoms with Crippen LogP contribution in [0.15, 0.2) is 21.5 Å². The Kier molecular flexibility index (Phi) is 5.17. The van der Waals surface area contributed by atoms with Crippen molar-refractivity contribution in [3.05, 3.63) is 16.6 Å². The first-order valence-corrected chi connectivity index (χ1v) is 7.54. The molecule has 1 aromatic rings. The minimum Gasteiger partial charge on any atom is -0.495 e. The second kappa shape index (κ2) is 6.23. The zero-order valence-electron chi connectivity index (χ0n) is 10.6. The van der Waals surface area contributed by atoms with Crippen molar-refractivity contribution in [2.45, 2.75) is 11.3 Å². The number of nitriles is 1. The lowest BCUT2D eigenvalue weighted by atomic mass is 10.3. The molecule has 8 heteroatoms. The van der Waals surface area contributed by atoms with Crippen LogP contribution in [0.2, 0.25) is 0 Å². The fraction of sp³-hybridized carbons (Fsp3) is 0.364. The maximum atomic E-state index is 12.3. The van der Waals surface area contributed by atoms with Crippen LogP contribution < -0.4 is 10.5 Å². The molecular weight excluding hydrogens is 334 g/mol. The predicted molar refractivity (Wildman–Crippen MR) is 75.2 cm³/mol. The largest absolute Gasteiger partial charge is 0.495 e. The third kappa shape index (κ3) is 3.37. The van der Waals surface area contributed by atoms with Gasteiger partial charge in [-0.2, -0.15) is 9.57 Å². The van der Waals surface area contributed by atoms with Gasteiger partial charge in [-0.25, -0.2) is 8.42 Å². The Labute approximate surface area is 120 Å². The number of anilines is 1. The third-order valence-corrected chi connectivity index (χ3v) is 5.07. The molecule has 1 rings (SSSR count). The summed E-state index contributed by atoms with van der Waals surface area (Å²) >= 11 is 3.21. The predicted octanol–water partition coefficient (Wildman–Crippen LogP) is 1.57. The Hall–Kier alpha value is -1.30. The molecule has 0 bridgehead atoms. The maximum absolute atomic E-state index is 12.3. The Morgan fingerprint density at radius 1 is 1.53 bits per heavy atom. The van der Waals surface area contributed by atoms with E-state index in [1.165, 1.54) is 26.3 Å². The van der Waals surface area contributed by atoms with E-state index in [2.05, 4.69) is 15.9 Å². The molecule has 104 valence electrons. The van der Waals surface area contributed by atoms with Gasteiger partial charge in [0.1, 0.15) is 10.6 Å². The van der Waals surface area contributed by atoms with E-state index in [9.17, 15) is 8.42 Å². The summed E-state index contributed by atoms with van der Waals surface area (Å²) in [6.07, 6.45) is 0.115. The molecule has 6 nitrogen and oxygen atoms in total. The van der Waals surface area contributed by atoms with Crippen molar-refractivity contribution in [3.8, 4) is 11.8 Å². The van der Waals surface area contributed by atoms with Gasteiger partial charge in [-0.1, -0.05) is 0 Å². The summed E-state index contributed by atoms with van der Waals surface area (Å²) < 4.78 is 31.4. The average molecular weight is 348 g/mol. The number of nitrogens with two attached hydrogens (primary N) is 1. The van der Waals surface area contributed by atoms with E-state index < -0.39 is 10.0 Å². The number of nitrogen functional groups attached to an aromatic ring is 1. The van der Waals surface area contributed by atoms with E-state index in [0.29, 0.717) is 10.2 Å². The van der Waals surface area contributed by atoms with Crippen molar-refractivity contribution in [1.29, 1.82) is 5.26 Å². The topological polar surface area (TPSA) is 96.4 Å². The Morgan fingerprint density at radius 2 is 2.16 bits per heavy atom. The van der Waals surface area contributed by atoms with Gasteiger partial charge >= 0.3 is 0 Å². The van der Waals surface area contributed by atoms with Crippen LogP contribution in [0.4, 0.5) is 5.69 Å². The fourth-order valence-electron chi connectivity index (χ4n) is 1.41. The first-order chi connectivity index (χ1) is 8.84. The zero-order chi connectivity index (χ0) is 14.6. The van der Waals surface area contributed by atoms with Crippen LogP contribution in [0.3, 0.4) is 0 Å². The standard InChI is InChI=1S/C11H14BrN3O3S/c1-15(5-3-4-13)19(16,17)11-7-9(14)8(12)6-10(11)18-2/h6-7H,3,5,14H2,1-2H3. The summed E-state index contributed by atoms with van der Waals surface area (Å²) in [7, 11) is -0.949. The molecule has 0 aliphatic heterocycles. The Balaban J connectivity index is 3.28. The van der Waals surface area contributed by atoms with Crippen LogP contribution in [0.25, 0.3) is 0 Å².